The number of aromatic nitrogens is 2. The number of fused-ring (bicyclic) bond motifs is 1. The van der Waals surface area contributed by atoms with Crippen molar-refractivity contribution < 1.29 is 17.9 Å². The summed E-state index contributed by atoms with van der Waals surface area (Å²) in [5.41, 5.74) is 0.975. The summed E-state index contributed by atoms with van der Waals surface area (Å²) in [4.78, 5) is 6.68. The summed E-state index contributed by atoms with van der Waals surface area (Å²) in [7, 11) is -0.851. The molecule has 0 amide bonds. The number of anilines is 1. The molecule has 2 aromatic carbocycles. The molecule has 150 valence electrons. The lowest BCUT2D eigenvalue weighted by Crippen LogP contribution is -2.22. The van der Waals surface area contributed by atoms with E-state index in [4.69, 9.17) is 9.47 Å². The van der Waals surface area contributed by atoms with Crippen LogP contribution in [0, 0.1) is 0 Å². The molecule has 0 aliphatic carbocycles. The Kier molecular flexibility index (Phi) is 5.02. The monoisotopic (exact) mass is 411 g/mol. The van der Waals surface area contributed by atoms with Crippen LogP contribution < -0.4 is 14.4 Å². The fraction of sp³-hybridized carbons (Fsp3) is 0.190. The molecule has 1 aliphatic rings. The van der Waals surface area contributed by atoms with Crippen LogP contribution in [0.25, 0.3) is 0 Å². The number of benzene rings is 2. The minimum atomic E-state index is -3.75. The van der Waals surface area contributed by atoms with Gasteiger partial charge in [0, 0.05) is 25.1 Å². The minimum absolute atomic E-state index is 0.0769. The lowest BCUT2D eigenvalue weighted by molar-refractivity contribution is 0.347. The minimum Gasteiger partial charge on any atom is -0.493 e. The molecule has 1 aliphatic heterocycles. The molecule has 7 nitrogen and oxygen atoms in total. The quantitative estimate of drug-likeness (QED) is 0.620. The standard InChI is InChI=1S/C21H21N3O4S/c1-27-18-5-3-6-19(20(18)28-2)29(25,26)17-9-7-16(8-10-17)15-24-13-4-12-23-14-11-22-21(23)24/h3-11,13-14H,12,15H2,1-2H3. The van der Waals surface area contributed by atoms with Crippen molar-refractivity contribution in [2.75, 3.05) is 19.1 Å². The van der Waals surface area contributed by atoms with Gasteiger partial charge in [-0.3, -0.25) is 0 Å². The maximum atomic E-state index is 13.1. The van der Waals surface area contributed by atoms with Crippen LogP contribution in [-0.2, 0) is 22.9 Å². The summed E-state index contributed by atoms with van der Waals surface area (Å²) in [6.07, 6.45) is 7.76. The molecule has 2 heterocycles. The zero-order chi connectivity index (χ0) is 20.4. The van der Waals surface area contributed by atoms with Gasteiger partial charge < -0.3 is 18.9 Å². The molecule has 1 aromatic heterocycles. The van der Waals surface area contributed by atoms with E-state index >= 15 is 0 Å². The number of hydrogen-bond donors (Lipinski definition) is 0. The van der Waals surface area contributed by atoms with E-state index in [0.717, 1.165) is 18.1 Å². The van der Waals surface area contributed by atoms with Crippen molar-refractivity contribution in [3.63, 3.8) is 0 Å². The molecule has 8 heteroatoms. The highest BCUT2D eigenvalue weighted by Crippen LogP contribution is 2.36. The number of methoxy groups -OCH3 is 2. The number of ether oxygens (including phenoxy) is 2. The Labute approximate surface area is 169 Å². The molecule has 0 unspecified atom stereocenters. The Bertz CT molecular complexity index is 1150. The third kappa shape index (κ3) is 3.47. The predicted molar refractivity (Wildman–Crippen MR) is 109 cm³/mol. The maximum absolute atomic E-state index is 13.1. The van der Waals surface area contributed by atoms with Crippen LogP contribution in [0.1, 0.15) is 5.56 Å². The molecule has 0 bridgehead atoms. The number of imidazole rings is 1. The first kappa shape index (κ1) is 19.1. The van der Waals surface area contributed by atoms with Crippen LogP contribution in [-0.4, -0.2) is 32.2 Å². The SMILES string of the molecule is COc1cccc(S(=O)(=O)c2ccc(CN3C=CCn4ccnc43)cc2)c1OC. The Balaban J connectivity index is 1.61. The van der Waals surface area contributed by atoms with Gasteiger partial charge in [0.25, 0.3) is 0 Å². The zero-order valence-electron chi connectivity index (χ0n) is 16.1. The average molecular weight is 411 g/mol. The first-order chi connectivity index (χ1) is 14.0. The molecule has 3 aromatic rings. The lowest BCUT2D eigenvalue weighted by Gasteiger charge is -2.24. The van der Waals surface area contributed by atoms with E-state index in [2.05, 4.69) is 11.1 Å². The van der Waals surface area contributed by atoms with Crippen molar-refractivity contribution in [3.05, 3.63) is 72.7 Å². The molecule has 4 rings (SSSR count). The van der Waals surface area contributed by atoms with Gasteiger partial charge in [0.2, 0.25) is 15.8 Å². The van der Waals surface area contributed by atoms with Crippen LogP contribution in [0.3, 0.4) is 0 Å². The summed E-state index contributed by atoms with van der Waals surface area (Å²) in [6.45, 7) is 1.39. The second-order valence-electron chi connectivity index (χ2n) is 6.53. The molecule has 0 radical (unpaired) electrons. The third-order valence-electron chi connectivity index (χ3n) is 4.78. The van der Waals surface area contributed by atoms with Gasteiger partial charge in [0.15, 0.2) is 11.5 Å². The van der Waals surface area contributed by atoms with Crippen molar-refractivity contribution in [2.24, 2.45) is 0 Å². The molecule has 0 N–H and O–H groups in total. The summed E-state index contributed by atoms with van der Waals surface area (Å²) in [5, 5.41) is 0. The Morgan fingerprint density at radius 1 is 1.07 bits per heavy atom. The summed E-state index contributed by atoms with van der Waals surface area (Å²) in [5.74, 6) is 1.44. The zero-order valence-corrected chi connectivity index (χ0v) is 17.0. The van der Waals surface area contributed by atoms with Crippen LogP contribution >= 0.6 is 0 Å². The fourth-order valence-corrected chi connectivity index (χ4v) is 4.78. The molecule has 0 fully saturated rings. The predicted octanol–water partition coefficient (Wildman–Crippen LogP) is 3.27. The van der Waals surface area contributed by atoms with E-state index in [1.165, 1.54) is 20.3 Å². The largest absolute Gasteiger partial charge is 0.493 e. The molecule has 0 atom stereocenters. The second-order valence-corrected chi connectivity index (χ2v) is 8.45. The molecule has 0 spiro atoms. The Morgan fingerprint density at radius 2 is 1.86 bits per heavy atom. The second kappa shape index (κ2) is 7.63. The highest BCUT2D eigenvalue weighted by Gasteiger charge is 2.24. The summed E-state index contributed by atoms with van der Waals surface area (Å²) < 4.78 is 38.9. The van der Waals surface area contributed by atoms with Gasteiger partial charge in [0.05, 0.1) is 25.7 Å². The molecule has 0 saturated heterocycles. The van der Waals surface area contributed by atoms with E-state index in [1.807, 2.05) is 34.0 Å². The van der Waals surface area contributed by atoms with Crippen molar-refractivity contribution in [1.29, 1.82) is 0 Å². The lowest BCUT2D eigenvalue weighted by atomic mass is 10.2. The van der Waals surface area contributed by atoms with E-state index in [9.17, 15) is 8.42 Å². The van der Waals surface area contributed by atoms with Gasteiger partial charge in [-0.05, 0) is 35.9 Å². The average Bonchev–Trinajstić information content (AvgIpc) is 3.23. The highest BCUT2D eigenvalue weighted by atomic mass is 32.2. The molecular weight excluding hydrogens is 390 g/mol. The first-order valence-electron chi connectivity index (χ1n) is 9.04. The number of nitrogens with zero attached hydrogens (tertiary/aromatic N) is 3. The van der Waals surface area contributed by atoms with Crippen LogP contribution in [0.5, 0.6) is 11.5 Å². The number of rotatable bonds is 6. The Hall–Kier alpha value is -3.26. The molecular formula is C21H21N3O4S. The smallest absolute Gasteiger partial charge is 0.210 e. The topological polar surface area (TPSA) is 73.7 Å². The number of hydrogen-bond acceptors (Lipinski definition) is 6. The van der Waals surface area contributed by atoms with Gasteiger partial charge in [-0.15, -0.1) is 0 Å². The molecule has 0 saturated carbocycles. The summed E-state index contributed by atoms with van der Waals surface area (Å²) in [6, 6.07) is 11.7. The van der Waals surface area contributed by atoms with Crippen LogP contribution in [0.15, 0.2) is 76.9 Å². The van der Waals surface area contributed by atoms with Crippen molar-refractivity contribution in [2.45, 2.75) is 22.9 Å². The van der Waals surface area contributed by atoms with E-state index < -0.39 is 9.84 Å². The molecule has 29 heavy (non-hydrogen) atoms. The fourth-order valence-electron chi connectivity index (χ4n) is 3.35. The summed E-state index contributed by atoms with van der Waals surface area (Å²) >= 11 is 0. The van der Waals surface area contributed by atoms with E-state index in [0.29, 0.717) is 12.3 Å². The Morgan fingerprint density at radius 3 is 2.59 bits per heavy atom. The van der Waals surface area contributed by atoms with Crippen molar-refractivity contribution in [3.8, 4) is 11.5 Å². The maximum Gasteiger partial charge on any atom is 0.210 e. The van der Waals surface area contributed by atoms with Gasteiger partial charge in [-0.25, -0.2) is 13.4 Å². The third-order valence-corrected chi connectivity index (χ3v) is 6.57. The van der Waals surface area contributed by atoms with E-state index in [1.54, 1.807) is 30.5 Å². The van der Waals surface area contributed by atoms with E-state index in [-0.39, 0.29) is 15.5 Å². The van der Waals surface area contributed by atoms with Crippen molar-refractivity contribution in [1.82, 2.24) is 9.55 Å². The van der Waals surface area contributed by atoms with Gasteiger partial charge >= 0.3 is 0 Å². The van der Waals surface area contributed by atoms with Crippen LogP contribution in [0.2, 0.25) is 0 Å². The number of allylic oxidation sites excluding steroid dienone is 1. The van der Waals surface area contributed by atoms with Crippen molar-refractivity contribution >= 4 is 15.8 Å². The van der Waals surface area contributed by atoms with Crippen LogP contribution in [0.4, 0.5) is 5.95 Å². The van der Waals surface area contributed by atoms with Gasteiger partial charge in [-0.2, -0.15) is 0 Å². The number of para-hydroxylation sites is 1. The normalized spacial score (nSPS) is 13.2. The first-order valence-corrected chi connectivity index (χ1v) is 10.5. The van der Waals surface area contributed by atoms with Gasteiger partial charge in [0.1, 0.15) is 4.90 Å². The van der Waals surface area contributed by atoms with Gasteiger partial charge in [-0.1, -0.05) is 18.2 Å². The highest BCUT2D eigenvalue weighted by molar-refractivity contribution is 7.91. The number of sulfone groups is 1.